The summed E-state index contributed by atoms with van der Waals surface area (Å²) in [4.78, 5) is 14.9. The number of rotatable bonds is 5. The van der Waals surface area contributed by atoms with Gasteiger partial charge >= 0.3 is 6.03 Å². The molecule has 2 amide bonds. The van der Waals surface area contributed by atoms with E-state index in [0.29, 0.717) is 17.5 Å². The third kappa shape index (κ3) is 3.90. The van der Waals surface area contributed by atoms with Crippen LogP contribution in [0.4, 0.5) is 10.5 Å². The van der Waals surface area contributed by atoms with Crippen LogP contribution in [0.25, 0.3) is 0 Å². The summed E-state index contributed by atoms with van der Waals surface area (Å²) in [6, 6.07) is 15.9. The first kappa shape index (κ1) is 16.8. The summed E-state index contributed by atoms with van der Waals surface area (Å²) in [6.45, 7) is 4.68. The van der Waals surface area contributed by atoms with E-state index in [0.717, 1.165) is 16.8 Å². The van der Waals surface area contributed by atoms with Gasteiger partial charge in [-0.3, -0.25) is 0 Å². The Morgan fingerprint density at radius 3 is 2.58 bits per heavy atom. The Bertz CT molecular complexity index is 713. The highest BCUT2D eigenvalue weighted by Crippen LogP contribution is 2.36. The summed E-state index contributed by atoms with van der Waals surface area (Å²) in [5, 5.41) is 3.70. The van der Waals surface area contributed by atoms with Crippen LogP contribution >= 0.6 is 11.6 Å². The summed E-state index contributed by atoms with van der Waals surface area (Å²) in [6.07, 6.45) is 2.41. The lowest BCUT2D eigenvalue weighted by Crippen LogP contribution is -2.42. The number of amides is 2. The molecule has 0 spiro atoms. The van der Waals surface area contributed by atoms with E-state index in [2.05, 4.69) is 24.4 Å². The molecule has 4 heteroatoms. The minimum Gasteiger partial charge on any atom is -0.317 e. The molecule has 1 unspecified atom stereocenters. The van der Waals surface area contributed by atoms with Crippen molar-refractivity contribution in [2.45, 2.75) is 39.3 Å². The number of hydrogen-bond acceptors (Lipinski definition) is 1. The van der Waals surface area contributed by atoms with Crippen molar-refractivity contribution in [3.05, 3.63) is 64.7 Å². The third-order valence-electron chi connectivity index (χ3n) is 4.76. The number of benzene rings is 2. The van der Waals surface area contributed by atoms with Gasteiger partial charge in [0, 0.05) is 23.3 Å². The fraction of sp³-hybridized carbons (Fsp3) is 0.350. The van der Waals surface area contributed by atoms with Gasteiger partial charge in [0.15, 0.2) is 0 Å². The van der Waals surface area contributed by atoms with E-state index in [1.165, 1.54) is 12.8 Å². The molecule has 24 heavy (non-hydrogen) atoms. The van der Waals surface area contributed by atoms with Crippen molar-refractivity contribution in [2.75, 3.05) is 5.32 Å². The maximum absolute atomic E-state index is 12.9. The van der Waals surface area contributed by atoms with Crippen LogP contribution in [0.3, 0.4) is 0 Å². The number of halogens is 1. The molecular weight excluding hydrogens is 320 g/mol. The molecule has 3 nitrogen and oxygen atoms in total. The summed E-state index contributed by atoms with van der Waals surface area (Å²) in [7, 11) is 0. The van der Waals surface area contributed by atoms with Crippen LogP contribution in [-0.4, -0.2) is 17.0 Å². The van der Waals surface area contributed by atoms with Crippen LogP contribution < -0.4 is 5.32 Å². The predicted molar refractivity (Wildman–Crippen MR) is 99.4 cm³/mol. The monoisotopic (exact) mass is 342 g/mol. The van der Waals surface area contributed by atoms with Crippen LogP contribution in [0.15, 0.2) is 48.5 Å². The Morgan fingerprint density at radius 1 is 1.21 bits per heavy atom. The van der Waals surface area contributed by atoms with Crippen molar-refractivity contribution in [3.63, 3.8) is 0 Å². The van der Waals surface area contributed by atoms with Crippen LogP contribution in [0.2, 0.25) is 5.02 Å². The molecule has 126 valence electrons. The summed E-state index contributed by atoms with van der Waals surface area (Å²) in [5.41, 5.74) is 2.81. The molecule has 3 rings (SSSR count). The van der Waals surface area contributed by atoms with Crippen LogP contribution in [-0.2, 0) is 6.54 Å². The van der Waals surface area contributed by atoms with Crippen molar-refractivity contribution < 1.29 is 4.79 Å². The van der Waals surface area contributed by atoms with E-state index in [4.69, 9.17) is 11.6 Å². The normalized spacial score (nSPS) is 15.0. The van der Waals surface area contributed by atoms with Crippen molar-refractivity contribution in [1.29, 1.82) is 0 Å². The Labute approximate surface area is 148 Å². The highest BCUT2D eigenvalue weighted by atomic mass is 35.5. The van der Waals surface area contributed by atoms with Crippen LogP contribution in [0.1, 0.15) is 30.9 Å². The smallest absolute Gasteiger partial charge is 0.317 e. The molecule has 2 aromatic carbocycles. The minimum atomic E-state index is -0.0661. The molecule has 0 aliphatic heterocycles. The minimum absolute atomic E-state index is 0.0661. The Balaban J connectivity index is 1.79. The maximum atomic E-state index is 12.9. The average Bonchev–Trinajstić information content (AvgIpc) is 3.42. The van der Waals surface area contributed by atoms with Crippen molar-refractivity contribution in [1.82, 2.24) is 4.90 Å². The topological polar surface area (TPSA) is 32.3 Å². The van der Waals surface area contributed by atoms with Crippen molar-refractivity contribution in [2.24, 2.45) is 5.92 Å². The second kappa shape index (κ2) is 7.27. The number of hydrogen-bond donors (Lipinski definition) is 1. The lowest BCUT2D eigenvalue weighted by atomic mass is 10.1. The summed E-state index contributed by atoms with van der Waals surface area (Å²) >= 11 is 6.16. The first-order chi connectivity index (χ1) is 11.6. The standard InChI is InChI=1S/C20H23ClN2O/c1-14-18(21)9-6-10-19(14)22-20(24)23(15(2)17-11-12-17)13-16-7-4-3-5-8-16/h3-10,15,17H,11-13H2,1-2H3,(H,22,24). The van der Waals surface area contributed by atoms with E-state index in [1.807, 2.05) is 48.2 Å². The molecule has 0 aromatic heterocycles. The largest absolute Gasteiger partial charge is 0.322 e. The van der Waals surface area contributed by atoms with E-state index in [1.54, 1.807) is 0 Å². The third-order valence-corrected chi connectivity index (χ3v) is 5.17. The summed E-state index contributed by atoms with van der Waals surface area (Å²) < 4.78 is 0. The van der Waals surface area contributed by atoms with Gasteiger partial charge in [0.05, 0.1) is 0 Å². The number of nitrogens with zero attached hydrogens (tertiary/aromatic N) is 1. The highest BCUT2D eigenvalue weighted by Gasteiger charge is 2.34. The molecule has 0 bridgehead atoms. The Kier molecular flexibility index (Phi) is 5.10. The van der Waals surface area contributed by atoms with Gasteiger partial charge < -0.3 is 10.2 Å². The molecule has 1 aliphatic rings. The molecule has 0 radical (unpaired) electrons. The molecule has 1 saturated carbocycles. The van der Waals surface area contributed by atoms with Crippen LogP contribution in [0, 0.1) is 12.8 Å². The fourth-order valence-corrected chi connectivity index (χ4v) is 3.12. The number of carbonyl (C=O) groups excluding carboxylic acids is 1. The zero-order valence-corrected chi connectivity index (χ0v) is 14.9. The average molecular weight is 343 g/mol. The van der Waals surface area contributed by atoms with Gasteiger partial charge in [-0.2, -0.15) is 0 Å². The van der Waals surface area contributed by atoms with Gasteiger partial charge in [-0.1, -0.05) is 48.0 Å². The van der Waals surface area contributed by atoms with E-state index in [9.17, 15) is 4.79 Å². The Hall–Kier alpha value is -2.00. The summed E-state index contributed by atoms with van der Waals surface area (Å²) in [5.74, 6) is 0.611. The van der Waals surface area contributed by atoms with Gasteiger partial charge in [0.2, 0.25) is 0 Å². The first-order valence-corrected chi connectivity index (χ1v) is 8.80. The Morgan fingerprint density at radius 2 is 1.92 bits per heavy atom. The zero-order valence-electron chi connectivity index (χ0n) is 14.1. The quantitative estimate of drug-likeness (QED) is 0.766. The molecule has 1 aliphatic carbocycles. The lowest BCUT2D eigenvalue weighted by molar-refractivity contribution is 0.180. The molecule has 1 N–H and O–H groups in total. The SMILES string of the molecule is Cc1c(Cl)cccc1NC(=O)N(Cc1ccccc1)C(C)C1CC1. The van der Waals surface area contributed by atoms with E-state index in [-0.39, 0.29) is 12.1 Å². The van der Waals surface area contributed by atoms with Crippen LogP contribution in [0.5, 0.6) is 0 Å². The van der Waals surface area contributed by atoms with Crippen molar-refractivity contribution >= 4 is 23.3 Å². The fourth-order valence-electron chi connectivity index (χ4n) is 2.94. The maximum Gasteiger partial charge on any atom is 0.322 e. The molecular formula is C20H23ClN2O. The second-order valence-corrected chi connectivity index (χ2v) is 6.94. The number of nitrogens with one attached hydrogen (secondary N) is 1. The molecule has 0 saturated heterocycles. The van der Waals surface area contributed by atoms with Gasteiger partial charge in [-0.25, -0.2) is 4.79 Å². The lowest BCUT2D eigenvalue weighted by Gasteiger charge is -2.30. The van der Waals surface area contributed by atoms with E-state index < -0.39 is 0 Å². The molecule has 2 aromatic rings. The first-order valence-electron chi connectivity index (χ1n) is 8.43. The highest BCUT2D eigenvalue weighted by molar-refractivity contribution is 6.31. The molecule has 1 atom stereocenters. The van der Waals surface area contributed by atoms with Crippen molar-refractivity contribution in [3.8, 4) is 0 Å². The zero-order chi connectivity index (χ0) is 17.1. The predicted octanol–water partition coefficient (Wildman–Crippen LogP) is 5.48. The van der Waals surface area contributed by atoms with Gasteiger partial charge in [-0.15, -0.1) is 0 Å². The second-order valence-electron chi connectivity index (χ2n) is 6.53. The van der Waals surface area contributed by atoms with Gasteiger partial charge in [0.1, 0.15) is 0 Å². The van der Waals surface area contributed by atoms with E-state index >= 15 is 0 Å². The van der Waals surface area contributed by atoms with Gasteiger partial charge in [0.25, 0.3) is 0 Å². The molecule has 0 heterocycles. The number of urea groups is 1. The molecule has 1 fully saturated rings. The van der Waals surface area contributed by atoms with Gasteiger partial charge in [-0.05, 0) is 55.9 Å². The number of anilines is 1. The number of carbonyl (C=O) groups is 1.